The molecule has 1 N–H and O–H groups in total. The number of alkyl halides is 2. The van der Waals surface area contributed by atoms with E-state index in [1.807, 2.05) is 0 Å². The van der Waals surface area contributed by atoms with Crippen LogP contribution in [0.5, 0.6) is 0 Å². The van der Waals surface area contributed by atoms with Gasteiger partial charge in [0.25, 0.3) is 15.5 Å². The Kier molecular flexibility index (Phi) is 3.80. The molecule has 0 saturated heterocycles. The first-order valence-corrected chi connectivity index (χ1v) is 6.34. The molecule has 0 aliphatic carbocycles. The first kappa shape index (κ1) is 12.5. The molecule has 1 heterocycles. The molecule has 86 valence electrons. The van der Waals surface area contributed by atoms with Gasteiger partial charge in [0.2, 0.25) is 0 Å². The number of hydrogen-bond acceptors (Lipinski definition) is 4. The number of allylic oxidation sites excluding steroid dienone is 2. The predicted molar refractivity (Wildman–Crippen MR) is 52.6 cm³/mol. The van der Waals surface area contributed by atoms with Crippen LogP contribution in [-0.4, -0.2) is 26.4 Å². The van der Waals surface area contributed by atoms with E-state index in [4.69, 9.17) is 22.3 Å². The van der Waals surface area contributed by atoms with Crippen molar-refractivity contribution in [1.29, 1.82) is 0 Å². The Morgan fingerprint density at radius 3 is 2.53 bits per heavy atom. The Labute approximate surface area is 94.5 Å². The number of hydrazine groups is 1. The van der Waals surface area contributed by atoms with Crippen LogP contribution in [0.2, 0.25) is 0 Å². The first-order chi connectivity index (χ1) is 6.80. The van der Waals surface area contributed by atoms with Gasteiger partial charge in [0, 0.05) is 10.7 Å². The Bertz CT molecular complexity index is 407. The minimum atomic E-state index is -3.99. The van der Waals surface area contributed by atoms with Crippen LogP contribution >= 0.6 is 22.3 Å². The monoisotopic (exact) mass is 278 g/mol. The lowest BCUT2D eigenvalue weighted by atomic mass is 10.5. The highest BCUT2D eigenvalue weighted by molar-refractivity contribution is 8.16. The van der Waals surface area contributed by atoms with Gasteiger partial charge in [-0.1, -0.05) is 11.6 Å². The Morgan fingerprint density at radius 2 is 2.07 bits per heavy atom. The Balaban J connectivity index is 2.85. The predicted octanol–water partition coefficient (Wildman–Crippen LogP) is 1.56. The summed E-state index contributed by atoms with van der Waals surface area (Å²) in [5, 5.41) is 0.357. The molecule has 0 unspecified atom stereocenters. The lowest BCUT2D eigenvalue weighted by Gasteiger charge is -2.27. The second-order valence-electron chi connectivity index (χ2n) is 2.57. The summed E-state index contributed by atoms with van der Waals surface area (Å²) >= 11 is 5.55. The number of nitrogens with zero attached hydrogens (tertiary/aromatic N) is 1. The molecular weight excluding hydrogens is 273 g/mol. The standard InChI is InChI=1S/C6H6Cl2F2N2O2S/c7-4-1-2-6(15(8,13)14)11-12(4)3-5(9)10/h1-2,5,11H,3H2. The summed E-state index contributed by atoms with van der Waals surface area (Å²) in [4.78, 5) is 0. The summed E-state index contributed by atoms with van der Waals surface area (Å²) in [5.41, 5.74) is 2.17. The van der Waals surface area contributed by atoms with Crippen LogP contribution in [0.4, 0.5) is 8.78 Å². The average molecular weight is 279 g/mol. The van der Waals surface area contributed by atoms with Crippen LogP contribution in [0.25, 0.3) is 0 Å². The molecule has 0 saturated carbocycles. The molecule has 0 aromatic carbocycles. The van der Waals surface area contributed by atoms with Crippen molar-refractivity contribution >= 4 is 31.3 Å². The Hall–Kier alpha value is -0.530. The molecule has 4 nitrogen and oxygen atoms in total. The number of hydrogen-bond donors (Lipinski definition) is 1. The van der Waals surface area contributed by atoms with Gasteiger partial charge in [0.15, 0.2) is 5.03 Å². The normalized spacial score (nSPS) is 17.3. The van der Waals surface area contributed by atoms with Crippen molar-refractivity contribution < 1.29 is 17.2 Å². The van der Waals surface area contributed by atoms with E-state index < -0.39 is 27.1 Å². The van der Waals surface area contributed by atoms with E-state index in [0.717, 1.165) is 17.2 Å². The molecule has 1 rings (SSSR count). The van der Waals surface area contributed by atoms with Crippen LogP contribution in [0.15, 0.2) is 22.3 Å². The highest BCUT2D eigenvalue weighted by atomic mass is 35.7. The average Bonchev–Trinajstić information content (AvgIpc) is 2.06. The van der Waals surface area contributed by atoms with Gasteiger partial charge in [-0.15, -0.1) is 0 Å². The van der Waals surface area contributed by atoms with Gasteiger partial charge in [-0.2, -0.15) is 0 Å². The third kappa shape index (κ3) is 3.51. The van der Waals surface area contributed by atoms with Gasteiger partial charge in [0.1, 0.15) is 11.7 Å². The number of nitrogens with one attached hydrogen (secondary N) is 1. The number of halogens is 4. The molecule has 15 heavy (non-hydrogen) atoms. The summed E-state index contributed by atoms with van der Waals surface area (Å²) in [5.74, 6) is 0. The van der Waals surface area contributed by atoms with E-state index in [2.05, 4.69) is 5.43 Å². The van der Waals surface area contributed by atoms with Gasteiger partial charge >= 0.3 is 0 Å². The molecule has 0 aromatic heterocycles. The zero-order valence-corrected chi connectivity index (χ0v) is 9.45. The molecule has 9 heteroatoms. The van der Waals surface area contributed by atoms with Gasteiger partial charge in [0.05, 0.1) is 0 Å². The van der Waals surface area contributed by atoms with E-state index in [9.17, 15) is 17.2 Å². The Morgan fingerprint density at radius 1 is 1.47 bits per heavy atom. The van der Waals surface area contributed by atoms with Crippen molar-refractivity contribution in [2.45, 2.75) is 6.43 Å². The topological polar surface area (TPSA) is 49.4 Å². The van der Waals surface area contributed by atoms with E-state index >= 15 is 0 Å². The molecular formula is C6H6Cl2F2N2O2S. The molecule has 0 aromatic rings. The zero-order valence-electron chi connectivity index (χ0n) is 7.12. The number of rotatable bonds is 3. The smallest absolute Gasteiger partial charge is 0.277 e. The summed E-state index contributed by atoms with van der Waals surface area (Å²) in [6, 6.07) is 0. The van der Waals surface area contributed by atoms with Crippen LogP contribution in [0.1, 0.15) is 0 Å². The third-order valence-corrected chi connectivity index (χ3v) is 3.04. The second kappa shape index (κ2) is 4.54. The lowest BCUT2D eigenvalue weighted by molar-refractivity contribution is 0.0922. The highest BCUT2D eigenvalue weighted by Gasteiger charge is 2.23. The fourth-order valence-corrected chi connectivity index (χ4v) is 1.75. The van der Waals surface area contributed by atoms with Crippen molar-refractivity contribution in [3.8, 4) is 0 Å². The fraction of sp³-hybridized carbons (Fsp3) is 0.333. The summed E-state index contributed by atoms with van der Waals surface area (Å²) < 4.78 is 45.8. The molecule has 0 radical (unpaired) electrons. The van der Waals surface area contributed by atoms with E-state index in [1.54, 1.807) is 0 Å². The van der Waals surface area contributed by atoms with Crippen LogP contribution < -0.4 is 5.43 Å². The van der Waals surface area contributed by atoms with Gasteiger partial charge in [-0.25, -0.2) is 17.2 Å². The van der Waals surface area contributed by atoms with Gasteiger partial charge in [-0.05, 0) is 12.2 Å². The highest BCUT2D eigenvalue weighted by Crippen LogP contribution is 2.19. The molecule has 0 bridgehead atoms. The first-order valence-electron chi connectivity index (χ1n) is 3.65. The minimum absolute atomic E-state index is 0.0423. The van der Waals surface area contributed by atoms with E-state index in [0.29, 0.717) is 0 Å². The second-order valence-corrected chi connectivity index (χ2v) is 5.49. The summed E-state index contributed by atoms with van der Waals surface area (Å²) in [7, 11) is 1.03. The largest absolute Gasteiger partial charge is 0.286 e. The molecule has 1 aliphatic heterocycles. The molecule has 0 amide bonds. The van der Waals surface area contributed by atoms with Crippen molar-refractivity contribution in [1.82, 2.24) is 10.4 Å². The van der Waals surface area contributed by atoms with E-state index in [1.165, 1.54) is 0 Å². The SMILES string of the molecule is O=S(=O)(Cl)C1=CC=C(Cl)N(CC(F)F)N1. The quantitative estimate of drug-likeness (QED) is 0.629. The van der Waals surface area contributed by atoms with Crippen LogP contribution in [0.3, 0.4) is 0 Å². The molecule has 1 aliphatic rings. The van der Waals surface area contributed by atoms with Crippen molar-refractivity contribution in [3.63, 3.8) is 0 Å². The maximum absolute atomic E-state index is 12.0. The van der Waals surface area contributed by atoms with E-state index in [-0.39, 0.29) is 5.16 Å². The molecule has 0 atom stereocenters. The van der Waals surface area contributed by atoms with Gasteiger partial charge < -0.3 is 0 Å². The maximum Gasteiger partial charge on any atom is 0.277 e. The zero-order chi connectivity index (χ0) is 11.6. The van der Waals surface area contributed by atoms with Gasteiger partial charge in [-0.3, -0.25) is 10.4 Å². The van der Waals surface area contributed by atoms with Crippen molar-refractivity contribution in [3.05, 3.63) is 22.3 Å². The molecule has 0 spiro atoms. The van der Waals surface area contributed by atoms with Crippen molar-refractivity contribution in [2.75, 3.05) is 6.54 Å². The third-order valence-electron chi connectivity index (χ3n) is 1.46. The maximum atomic E-state index is 12.0. The molecule has 0 fully saturated rings. The summed E-state index contributed by atoms with van der Waals surface area (Å²) in [6.45, 7) is -0.737. The fourth-order valence-electron chi connectivity index (χ4n) is 0.865. The van der Waals surface area contributed by atoms with Crippen LogP contribution in [0, 0.1) is 0 Å². The lowest BCUT2D eigenvalue weighted by Crippen LogP contribution is -2.41. The van der Waals surface area contributed by atoms with Crippen molar-refractivity contribution in [2.24, 2.45) is 0 Å². The minimum Gasteiger partial charge on any atom is -0.286 e. The summed E-state index contributed by atoms with van der Waals surface area (Å²) in [6.07, 6.45) is -0.403. The van der Waals surface area contributed by atoms with Crippen LogP contribution in [-0.2, 0) is 9.05 Å².